The van der Waals surface area contributed by atoms with E-state index in [-0.39, 0.29) is 17.9 Å². The number of nitrogens with one attached hydrogen (secondary N) is 1. The zero-order valence-corrected chi connectivity index (χ0v) is 14.0. The largest absolute Gasteiger partial charge is 0.382 e. The Labute approximate surface area is 130 Å². The monoisotopic (exact) mass is 308 g/mol. The summed E-state index contributed by atoms with van der Waals surface area (Å²) in [5.41, 5.74) is 1.24. The van der Waals surface area contributed by atoms with Crippen molar-refractivity contribution in [1.82, 2.24) is 14.9 Å². The summed E-state index contributed by atoms with van der Waals surface area (Å²) in [5, 5.41) is 3.20. The standard InChI is InChI=1S/C15H24N4OS/c1-5-16-12-8-17-14(10(2)3)18-13(12)15(20)19-6-7-21-9-11(19)4/h8,10-11,16H,5-7,9H2,1-4H3. The Bertz CT molecular complexity index is 506. The lowest BCUT2D eigenvalue weighted by Gasteiger charge is -2.33. The van der Waals surface area contributed by atoms with Crippen LogP contribution in [0.15, 0.2) is 6.20 Å². The summed E-state index contributed by atoms with van der Waals surface area (Å²) < 4.78 is 0. The molecule has 0 saturated carbocycles. The number of hydrogen-bond donors (Lipinski definition) is 1. The first-order valence-corrected chi connectivity index (χ1v) is 8.69. The Kier molecular flexibility index (Phi) is 5.45. The number of carbonyl (C=O) groups is 1. The smallest absolute Gasteiger partial charge is 0.275 e. The average Bonchev–Trinajstić information content (AvgIpc) is 2.47. The highest BCUT2D eigenvalue weighted by atomic mass is 32.2. The lowest BCUT2D eigenvalue weighted by molar-refractivity contribution is 0.0710. The molecule has 2 heterocycles. The predicted octanol–water partition coefficient (Wildman–Crippen LogP) is 2.61. The Morgan fingerprint density at radius 1 is 1.57 bits per heavy atom. The highest BCUT2D eigenvalue weighted by molar-refractivity contribution is 7.99. The van der Waals surface area contributed by atoms with Gasteiger partial charge in [-0.25, -0.2) is 9.97 Å². The second-order valence-electron chi connectivity index (χ2n) is 5.60. The highest BCUT2D eigenvalue weighted by Gasteiger charge is 2.27. The third-order valence-corrected chi connectivity index (χ3v) is 4.71. The van der Waals surface area contributed by atoms with E-state index in [2.05, 4.69) is 22.2 Å². The fourth-order valence-corrected chi connectivity index (χ4v) is 3.33. The van der Waals surface area contributed by atoms with Crippen LogP contribution in [0.3, 0.4) is 0 Å². The summed E-state index contributed by atoms with van der Waals surface area (Å²) >= 11 is 1.90. The average molecular weight is 308 g/mol. The van der Waals surface area contributed by atoms with Gasteiger partial charge in [-0.2, -0.15) is 11.8 Å². The van der Waals surface area contributed by atoms with Crippen molar-refractivity contribution in [3.63, 3.8) is 0 Å². The normalized spacial score (nSPS) is 18.9. The molecule has 1 N–H and O–H groups in total. The molecule has 1 aromatic rings. The molecule has 1 unspecified atom stereocenters. The van der Waals surface area contributed by atoms with Gasteiger partial charge in [0.1, 0.15) is 5.82 Å². The van der Waals surface area contributed by atoms with Crippen molar-refractivity contribution in [1.29, 1.82) is 0 Å². The topological polar surface area (TPSA) is 58.1 Å². The SMILES string of the molecule is CCNc1cnc(C(C)C)nc1C(=O)N1CCSCC1C. The van der Waals surface area contributed by atoms with E-state index in [1.807, 2.05) is 37.4 Å². The van der Waals surface area contributed by atoms with Gasteiger partial charge in [-0.05, 0) is 13.8 Å². The lowest BCUT2D eigenvalue weighted by atomic mass is 10.2. The summed E-state index contributed by atoms with van der Waals surface area (Å²) in [4.78, 5) is 23.7. The molecule has 1 saturated heterocycles. The van der Waals surface area contributed by atoms with Crippen molar-refractivity contribution in [2.75, 3.05) is 29.9 Å². The van der Waals surface area contributed by atoms with Gasteiger partial charge in [0.15, 0.2) is 5.69 Å². The van der Waals surface area contributed by atoms with Gasteiger partial charge < -0.3 is 10.2 Å². The number of thioether (sulfide) groups is 1. The second-order valence-corrected chi connectivity index (χ2v) is 6.75. The molecule has 6 heteroatoms. The van der Waals surface area contributed by atoms with Crippen molar-refractivity contribution in [3.05, 3.63) is 17.7 Å². The van der Waals surface area contributed by atoms with E-state index in [1.54, 1.807) is 6.20 Å². The molecule has 1 fully saturated rings. The lowest BCUT2D eigenvalue weighted by Crippen LogP contribution is -2.45. The van der Waals surface area contributed by atoms with Crippen LogP contribution in [0.1, 0.15) is 49.9 Å². The molecule has 0 radical (unpaired) electrons. The molecule has 0 spiro atoms. The molecule has 1 aliphatic heterocycles. The van der Waals surface area contributed by atoms with Gasteiger partial charge in [-0.15, -0.1) is 0 Å². The van der Waals surface area contributed by atoms with Crippen LogP contribution in [-0.2, 0) is 0 Å². The van der Waals surface area contributed by atoms with Gasteiger partial charge in [0.05, 0.1) is 11.9 Å². The molecule has 1 aliphatic rings. The minimum Gasteiger partial charge on any atom is -0.382 e. The minimum atomic E-state index is 0.0167. The van der Waals surface area contributed by atoms with E-state index < -0.39 is 0 Å². The first-order valence-electron chi connectivity index (χ1n) is 7.54. The maximum Gasteiger partial charge on any atom is 0.275 e. The third kappa shape index (κ3) is 3.67. The van der Waals surface area contributed by atoms with Crippen molar-refractivity contribution in [3.8, 4) is 0 Å². The fourth-order valence-electron chi connectivity index (χ4n) is 2.32. The molecule has 116 valence electrons. The first-order chi connectivity index (χ1) is 10.0. The molecular formula is C15H24N4OS. The maximum absolute atomic E-state index is 12.9. The number of rotatable bonds is 4. The van der Waals surface area contributed by atoms with Crippen LogP contribution in [0, 0.1) is 0 Å². The molecule has 0 bridgehead atoms. The van der Waals surface area contributed by atoms with Crippen LogP contribution in [0.4, 0.5) is 5.69 Å². The molecular weight excluding hydrogens is 284 g/mol. The molecule has 1 amide bonds. The van der Waals surface area contributed by atoms with Crippen LogP contribution in [-0.4, -0.2) is 51.4 Å². The summed E-state index contributed by atoms with van der Waals surface area (Å²) in [6.07, 6.45) is 1.74. The van der Waals surface area contributed by atoms with Crippen LogP contribution in [0.25, 0.3) is 0 Å². The fraction of sp³-hybridized carbons (Fsp3) is 0.667. The quantitative estimate of drug-likeness (QED) is 0.926. The molecule has 21 heavy (non-hydrogen) atoms. The van der Waals surface area contributed by atoms with E-state index in [1.165, 1.54) is 0 Å². The van der Waals surface area contributed by atoms with Gasteiger partial charge in [-0.3, -0.25) is 4.79 Å². The highest BCUT2D eigenvalue weighted by Crippen LogP contribution is 2.22. The third-order valence-electron chi connectivity index (χ3n) is 3.52. The van der Waals surface area contributed by atoms with Crippen LogP contribution in [0.2, 0.25) is 0 Å². The Balaban J connectivity index is 2.34. The Morgan fingerprint density at radius 2 is 2.33 bits per heavy atom. The number of amides is 1. The molecule has 0 aliphatic carbocycles. The van der Waals surface area contributed by atoms with Crippen molar-refractivity contribution in [2.45, 2.75) is 39.7 Å². The number of hydrogen-bond acceptors (Lipinski definition) is 5. The van der Waals surface area contributed by atoms with Gasteiger partial charge in [0, 0.05) is 36.6 Å². The predicted molar refractivity (Wildman–Crippen MR) is 88.1 cm³/mol. The summed E-state index contributed by atoms with van der Waals surface area (Å²) in [6, 6.07) is 0.253. The van der Waals surface area contributed by atoms with Crippen molar-refractivity contribution >= 4 is 23.4 Å². The molecule has 2 rings (SSSR count). The van der Waals surface area contributed by atoms with Crippen molar-refractivity contribution < 1.29 is 4.79 Å². The van der Waals surface area contributed by atoms with Gasteiger partial charge in [-0.1, -0.05) is 13.8 Å². The van der Waals surface area contributed by atoms with Gasteiger partial charge >= 0.3 is 0 Å². The maximum atomic E-state index is 12.9. The summed E-state index contributed by atoms with van der Waals surface area (Å²) in [5.74, 6) is 2.93. The minimum absolute atomic E-state index is 0.0167. The number of aromatic nitrogens is 2. The van der Waals surface area contributed by atoms with Crippen LogP contribution in [0.5, 0.6) is 0 Å². The van der Waals surface area contributed by atoms with Crippen molar-refractivity contribution in [2.24, 2.45) is 0 Å². The van der Waals surface area contributed by atoms with E-state index in [9.17, 15) is 4.79 Å². The van der Waals surface area contributed by atoms with Crippen LogP contribution >= 0.6 is 11.8 Å². The number of nitrogens with zero attached hydrogens (tertiary/aromatic N) is 3. The second kappa shape index (κ2) is 7.11. The zero-order chi connectivity index (χ0) is 15.4. The van der Waals surface area contributed by atoms with Gasteiger partial charge in [0.2, 0.25) is 0 Å². The number of carbonyl (C=O) groups excluding carboxylic acids is 1. The molecule has 1 aromatic heterocycles. The zero-order valence-electron chi connectivity index (χ0n) is 13.2. The molecule has 0 aromatic carbocycles. The Hall–Kier alpha value is -1.30. The summed E-state index contributed by atoms with van der Waals surface area (Å²) in [6.45, 7) is 9.72. The van der Waals surface area contributed by atoms with E-state index in [4.69, 9.17) is 0 Å². The van der Waals surface area contributed by atoms with E-state index in [0.717, 1.165) is 36.1 Å². The molecule has 1 atom stereocenters. The first kappa shape index (κ1) is 16.1. The number of anilines is 1. The van der Waals surface area contributed by atoms with Crippen LogP contribution < -0.4 is 5.32 Å². The van der Waals surface area contributed by atoms with Gasteiger partial charge in [0.25, 0.3) is 5.91 Å². The Morgan fingerprint density at radius 3 is 2.95 bits per heavy atom. The van der Waals surface area contributed by atoms with E-state index >= 15 is 0 Å². The molecule has 5 nitrogen and oxygen atoms in total. The van der Waals surface area contributed by atoms with E-state index in [0.29, 0.717) is 5.69 Å². The summed E-state index contributed by atoms with van der Waals surface area (Å²) in [7, 11) is 0.